The van der Waals surface area contributed by atoms with Crippen molar-refractivity contribution in [2.24, 2.45) is 5.92 Å². The summed E-state index contributed by atoms with van der Waals surface area (Å²) in [5.74, 6) is 0.862. The molecule has 1 heterocycles. The smallest absolute Gasteiger partial charge is 0.246 e. The molecule has 1 aliphatic carbocycles. The van der Waals surface area contributed by atoms with E-state index in [0.29, 0.717) is 12.0 Å². The molecule has 108 valence electrons. The lowest BCUT2D eigenvalue weighted by atomic mass is 9.90. The second-order valence-electron chi connectivity index (χ2n) is 6.46. The van der Waals surface area contributed by atoms with Gasteiger partial charge in [0.15, 0.2) is 0 Å². The van der Waals surface area contributed by atoms with Crippen molar-refractivity contribution < 1.29 is 4.79 Å². The van der Waals surface area contributed by atoms with Gasteiger partial charge in [-0.1, -0.05) is 19.4 Å². The van der Waals surface area contributed by atoms with Crippen LogP contribution in [0.2, 0.25) is 0 Å². The highest BCUT2D eigenvalue weighted by atomic mass is 16.2. The highest BCUT2D eigenvalue weighted by Crippen LogP contribution is 2.26. The fourth-order valence-corrected chi connectivity index (χ4v) is 3.02. The van der Waals surface area contributed by atoms with Crippen molar-refractivity contribution in [3.05, 3.63) is 12.2 Å². The van der Waals surface area contributed by atoms with E-state index in [2.05, 4.69) is 31.7 Å². The SMILES string of the molecule is CC(C)N(C/C=C/C(=O)N1CC[C@@H](C)C1)C1CCC1. The summed E-state index contributed by atoms with van der Waals surface area (Å²) in [5, 5.41) is 0. The van der Waals surface area contributed by atoms with Gasteiger partial charge in [-0.25, -0.2) is 0 Å². The fraction of sp³-hybridized carbons (Fsp3) is 0.812. The van der Waals surface area contributed by atoms with Gasteiger partial charge >= 0.3 is 0 Å². The van der Waals surface area contributed by atoms with Gasteiger partial charge in [0.2, 0.25) is 5.91 Å². The second-order valence-corrected chi connectivity index (χ2v) is 6.46. The van der Waals surface area contributed by atoms with Gasteiger partial charge in [0.05, 0.1) is 0 Å². The third kappa shape index (κ3) is 3.82. The zero-order valence-electron chi connectivity index (χ0n) is 12.6. The number of rotatable bonds is 5. The molecule has 0 aromatic heterocycles. The van der Waals surface area contributed by atoms with Gasteiger partial charge in [-0.3, -0.25) is 9.69 Å². The van der Waals surface area contributed by atoms with E-state index >= 15 is 0 Å². The molecule has 3 nitrogen and oxygen atoms in total. The van der Waals surface area contributed by atoms with E-state index in [1.165, 1.54) is 19.3 Å². The van der Waals surface area contributed by atoms with Crippen LogP contribution in [0.25, 0.3) is 0 Å². The maximum absolute atomic E-state index is 12.0. The quantitative estimate of drug-likeness (QED) is 0.713. The molecule has 0 aromatic carbocycles. The Bertz CT molecular complexity index is 334. The van der Waals surface area contributed by atoms with Crippen LogP contribution in [0.5, 0.6) is 0 Å². The maximum Gasteiger partial charge on any atom is 0.246 e. The summed E-state index contributed by atoms with van der Waals surface area (Å²) < 4.78 is 0. The van der Waals surface area contributed by atoms with Crippen LogP contribution in [0.1, 0.15) is 46.5 Å². The normalized spacial score (nSPS) is 24.7. The van der Waals surface area contributed by atoms with E-state index in [9.17, 15) is 4.79 Å². The molecule has 1 aliphatic heterocycles. The van der Waals surface area contributed by atoms with E-state index in [1.54, 1.807) is 6.08 Å². The Morgan fingerprint density at radius 2 is 2.11 bits per heavy atom. The zero-order valence-corrected chi connectivity index (χ0v) is 12.6. The Labute approximate surface area is 117 Å². The van der Waals surface area contributed by atoms with E-state index in [-0.39, 0.29) is 5.91 Å². The summed E-state index contributed by atoms with van der Waals surface area (Å²) in [7, 11) is 0. The van der Waals surface area contributed by atoms with Crippen molar-refractivity contribution in [2.45, 2.75) is 58.5 Å². The largest absolute Gasteiger partial charge is 0.339 e. The van der Waals surface area contributed by atoms with E-state index in [0.717, 1.165) is 32.1 Å². The molecule has 0 spiro atoms. The lowest BCUT2D eigenvalue weighted by Gasteiger charge is -2.39. The molecule has 19 heavy (non-hydrogen) atoms. The minimum absolute atomic E-state index is 0.196. The Balaban J connectivity index is 1.79. The Morgan fingerprint density at radius 1 is 1.37 bits per heavy atom. The van der Waals surface area contributed by atoms with Gasteiger partial charge in [0.25, 0.3) is 0 Å². The first-order chi connectivity index (χ1) is 9.08. The van der Waals surface area contributed by atoms with E-state index < -0.39 is 0 Å². The molecule has 1 saturated heterocycles. The molecule has 1 amide bonds. The molecule has 2 rings (SSSR count). The first kappa shape index (κ1) is 14.6. The van der Waals surface area contributed by atoms with Crippen molar-refractivity contribution in [1.82, 2.24) is 9.80 Å². The molecule has 0 unspecified atom stereocenters. The van der Waals surface area contributed by atoms with Gasteiger partial charge in [-0.05, 0) is 39.0 Å². The monoisotopic (exact) mass is 264 g/mol. The van der Waals surface area contributed by atoms with Gasteiger partial charge in [-0.2, -0.15) is 0 Å². The minimum atomic E-state index is 0.196. The molecule has 0 radical (unpaired) electrons. The maximum atomic E-state index is 12.0. The fourth-order valence-electron chi connectivity index (χ4n) is 3.02. The van der Waals surface area contributed by atoms with Gasteiger partial charge in [0, 0.05) is 37.8 Å². The third-order valence-electron chi connectivity index (χ3n) is 4.52. The molecule has 2 fully saturated rings. The number of carbonyl (C=O) groups is 1. The van der Waals surface area contributed by atoms with Crippen molar-refractivity contribution in [1.29, 1.82) is 0 Å². The summed E-state index contributed by atoms with van der Waals surface area (Å²) in [6.07, 6.45) is 9.00. The second kappa shape index (κ2) is 6.56. The summed E-state index contributed by atoms with van der Waals surface area (Å²) in [6.45, 7) is 9.48. The minimum Gasteiger partial charge on any atom is -0.339 e. The summed E-state index contributed by atoms with van der Waals surface area (Å²) in [5.41, 5.74) is 0. The summed E-state index contributed by atoms with van der Waals surface area (Å²) in [6, 6.07) is 1.31. The molecule has 0 aromatic rings. The first-order valence-corrected chi connectivity index (χ1v) is 7.79. The molecule has 1 saturated carbocycles. The standard InChI is InChI=1S/C16H28N2O/c1-13(2)18(15-6-4-7-15)10-5-8-16(19)17-11-9-14(3)12-17/h5,8,13-15H,4,6-7,9-12H2,1-3H3/b8-5+/t14-/m1/s1. The van der Waals surface area contributed by atoms with E-state index in [4.69, 9.17) is 0 Å². The van der Waals surface area contributed by atoms with Crippen LogP contribution in [0, 0.1) is 5.92 Å². The summed E-state index contributed by atoms with van der Waals surface area (Å²) in [4.78, 5) is 16.5. The van der Waals surface area contributed by atoms with Gasteiger partial charge in [0.1, 0.15) is 0 Å². The summed E-state index contributed by atoms with van der Waals surface area (Å²) >= 11 is 0. The Morgan fingerprint density at radius 3 is 2.58 bits per heavy atom. The van der Waals surface area contributed by atoms with E-state index in [1.807, 2.05) is 4.90 Å². The predicted molar refractivity (Wildman–Crippen MR) is 79.0 cm³/mol. The molecular formula is C16H28N2O. The highest BCUT2D eigenvalue weighted by molar-refractivity contribution is 5.87. The number of carbonyl (C=O) groups excluding carboxylic acids is 1. The van der Waals surface area contributed by atoms with Crippen LogP contribution in [0.4, 0.5) is 0 Å². The predicted octanol–water partition coefficient (Wildman–Crippen LogP) is 2.67. The topological polar surface area (TPSA) is 23.6 Å². The van der Waals surface area contributed by atoms with Crippen molar-refractivity contribution in [2.75, 3.05) is 19.6 Å². The number of amides is 1. The van der Waals surface area contributed by atoms with Crippen LogP contribution >= 0.6 is 0 Å². The van der Waals surface area contributed by atoms with Crippen LogP contribution in [0.15, 0.2) is 12.2 Å². The number of likely N-dealkylation sites (tertiary alicyclic amines) is 1. The van der Waals surface area contributed by atoms with Crippen molar-refractivity contribution >= 4 is 5.91 Å². The van der Waals surface area contributed by atoms with Crippen LogP contribution < -0.4 is 0 Å². The number of hydrogen-bond donors (Lipinski definition) is 0. The van der Waals surface area contributed by atoms with Crippen molar-refractivity contribution in [3.63, 3.8) is 0 Å². The number of hydrogen-bond acceptors (Lipinski definition) is 2. The first-order valence-electron chi connectivity index (χ1n) is 7.79. The zero-order chi connectivity index (χ0) is 13.8. The van der Waals surface area contributed by atoms with Gasteiger partial charge < -0.3 is 4.90 Å². The Hall–Kier alpha value is -0.830. The lowest BCUT2D eigenvalue weighted by Crippen LogP contribution is -2.44. The molecule has 1 atom stereocenters. The average Bonchev–Trinajstić information content (AvgIpc) is 2.71. The molecule has 0 bridgehead atoms. The van der Waals surface area contributed by atoms with Gasteiger partial charge in [-0.15, -0.1) is 0 Å². The molecule has 3 heteroatoms. The van der Waals surface area contributed by atoms with Crippen LogP contribution in [-0.4, -0.2) is 47.4 Å². The lowest BCUT2D eigenvalue weighted by molar-refractivity contribution is -0.125. The molecular weight excluding hydrogens is 236 g/mol. The number of nitrogens with zero attached hydrogens (tertiary/aromatic N) is 2. The van der Waals surface area contributed by atoms with Crippen molar-refractivity contribution in [3.8, 4) is 0 Å². The molecule has 0 N–H and O–H groups in total. The molecule has 2 aliphatic rings. The third-order valence-corrected chi connectivity index (χ3v) is 4.52. The van der Waals surface area contributed by atoms with Crippen LogP contribution in [-0.2, 0) is 4.79 Å². The Kier molecular flexibility index (Phi) is 5.03. The highest BCUT2D eigenvalue weighted by Gasteiger charge is 2.26. The van der Waals surface area contributed by atoms with Crippen LogP contribution in [0.3, 0.4) is 0 Å². The average molecular weight is 264 g/mol.